The van der Waals surface area contributed by atoms with Crippen molar-refractivity contribution in [3.8, 4) is 0 Å². The van der Waals surface area contributed by atoms with Crippen molar-refractivity contribution < 1.29 is 39.9 Å². The van der Waals surface area contributed by atoms with Gasteiger partial charge >= 0.3 is 39.9 Å². The minimum Gasteiger partial charge on any atom is -0.469 e. The van der Waals surface area contributed by atoms with Crippen LogP contribution in [0.1, 0.15) is 83.1 Å². The van der Waals surface area contributed by atoms with Crippen LogP contribution < -0.4 is 0 Å². The fraction of sp³-hybridized carbons (Fsp3) is 0.857. The van der Waals surface area contributed by atoms with E-state index in [4.69, 9.17) is 0 Å². The molecule has 0 saturated carbocycles. The van der Waals surface area contributed by atoms with Gasteiger partial charge in [0, 0.05) is 0 Å². The molecule has 7 heteroatoms. The Morgan fingerprint density at radius 1 is 0.429 bits per heavy atom. The average Bonchev–Trinajstić information content (AvgIpc) is 2.46. The Morgan fingerprint density at radius 3 is 0.714 bits per heavy atom. The minimum absolute atomic E-state index is 0. The van der Waals surface area contributed by atoms with Crippen molar-refractivity contribution in [2.75, 3.05) is 0 Å². The summed E-state index contributed by atoms with van der Waals surface area (Å²) in [5.74, 6) is 0. The number of hydrogen-bond acceptors (Lipinski definition) is 3. The van der Waals surface area contributed by atoms with Crippen LogP contribution in [0.4, 0.5) is 0 Å². The predicted octanol–water partition coefficient (Wildman–Crippen LogP) is 6.62. The van der Waals surface area contributed by atoms with Crippen LogP contribution in [0.15, 0.2) is 15.0 Å². The van der Waals surface area contributed by atoms with Crippen LogP contribution in [0.2, 0.25) is 0 Å². The zero-order valence-electron chi connectivity index (χ0n) is 20.2. The molecule has 0 bridgehead atoms. The van der Waals surface area contributed by atoms with Gasteiger partial charge in [0.15, 0.2) is 0 Å². The molecule has 0 aliphatic rings. The van der Waals surface area contributed by atoms with Crippen LogP contribution in [0, 0.1) is 39.9 Å². The molecular weight excluding hydrogens is 494 g/mol. The van der Waals surface area contributed by atoms with Crippen LogP contribution in [-0.4, -0.2) is 55.3 Å². The van der Waals surface area contributed by atoms with E-state index in [1.165, 1.54) is 0 Å². The van der Waals surface area contributed by atoms with Gasteiger partial charge in [0.25, 0.3) is 0 Å². The van der Waals surface area contributed by atoms with Crippen molar-refractivity contribution >= 4 is 19.0 Å². The number of rotatable bonds is 9. The Kier molecular flexibility index (Phi) is 31.1. The van der Waals surface area contributed by atoms with Gasteiger partial charge in [0.2, 0.25) is 0 Å². The first-order valence-corrected chi connectivity index (χ1v) is 10.0. The van der Waals surface area contributed by atoms with Gasteiger partial charge in [0.05, 0.1) is 0 Å². The van der Waals surface area contributed by atoms with E-state index in [-0.39, 0.29) is 39.9 Å². The second-order valence-corrected chi connectivity index (χ2v) is 7.80. The molecule has 6 nitrogen and oxygen atoms in total. The van der Waals surface area contributed by atoms with Gasteiger partial charge in [-0.2, -0.15) is 0 Å². The van der Waals surface area contributed by atoms with Gasteiger partial charge in [-0.3, -0.25) is 0 Å². The maximum Gasteiger partial charge on any atom is 3.00 e. The molecule has 0 aromatic rings. The van der Waals surface area contributed by atoms with E-state index in [1.54, 1.807) is 19.0 Å². The fourth-order valence-electron chi connectivity index (χ4n) is 0.915. The Bertz CT molecular complexity index is 318. The van der Waals surface area contributed by atoms with Crippen molar-refractivity contribution in [1.82, 2.24) is 0 Å². The summed E-state index contributed by atoms with van der Waals surface area (Å²) in [6.07, 6.45) is 4.94. The topological polar surface area (TPSA) is 79.4 Å². The van der Waals surface area contributed by atoms with E-state index in [9.17, 15) is 0 Å². The van der Waals surface area contributed by atoms with E-state index < -0.39 is 0 Å². The fourth-order valence-corrected chi connectivity index (χ4v) is 0.915. The zero-order chi connectivity index (χ0) is 21.8. The molecule has 0 fully saturated rings. The molecule has 0 rings (SSSR count). The monoisotopic (exact) mass is 539 g/mol. The molecule has 0 N–H and O–H groups in total. The number of hydrogen-bond donors (Lipinski definition) is 0. The smallest absolute Gasteiger partial charge is 0.469 e. The molecular formula is C21H45GdN6. The summed E-state index contributed by atoms with van der Waals surface area (Å²) in [6, 6.07) is 2.21. The second-order valence-electron chi connectivity index (χ2n) is 7.80. The third-order valence-electron chi connectivity index (χ3n) is 2.19. The molecule has 0 aromatic heterocycles. The maximum absolute atomic E-state index is 4.07. The molecule has 0 spiro atoms. The zero-order valence-corrected chi connectivity index (χ0v) is 22.5. The first-order valence-electron chi connectivity index (χ1n) is 10.0. The molecule has 28 heavy (non-hydrogen) atoms. The molecule has 0 aliphatic carbocycles. The molecule has 0 aromatic carbocycles. The Balaban J connectivity index is -0.000000152. The maximum atomic E-state index is 4.07. The van der Waals surface area contributed by atoms with Crippen molar-refractivity contribution in [3.63, 3.8) is 0 Å². The van der Waals surface area contributed by atoms with Crippen LogP contribution >= 0.6 is 0 Å². The summed E-state index contributed by atoms with van der Waals surface area (Å²) in [4.78, 5) is 12.2. The summed E-state index contributed by atoms with van der Waals surface area (Å²) >= 11 is 0. The van der Waals surface area contributed by atoms with Gasteiger partial charge in [-0.15, -0.1) is 19.0 Å². The van der Waals surface area contributed by atoms with Gasteiger partial charge < -0.3 is 30.9 Å². The average molecular weight is 539 g/mol. The SMILES string of the molecule is CC(C)N=C[N-]C(C)C.CC(C)N=C[N-]C(C)C.CC(C)N=C[N-]C(C)C.[Gd+3]. The van der Waals surface area contributed by atoms with Crippen molar-refractivity contribution in [2.45, 2.75) is 119 Å². The van der Waals surface area contributed by atoms with Gasteiger partial charge in [-0.05, 0) is 36.3 Å². The number of nitrogens with zero attached hydrogens (tertiary/aromatic N) is 6. The first-order chi connectivity index (χ1) is 12.4. The van der Waals surface area contributed by atoms with Gasteiger partial charge in [-0.1, -0.05) is 83.1 Å². The van der Waals surface area contributed by atoms with Gasteiger partial charge in [-0.25, -0.2) is 0 Å². The molecule has 0 amide bonds. The Hall–Kier alpha value is -0.265. The molecule has 1 radical (unpaired) electrons. The third-order valence-corrected chi connectivity index (χ3v) is 2.19. The van der Waals surface area contributed by atoms with Crippen LogP contribution in [0.5, 0.6) is 0 Å². The quantitative estimate of drug-likeness (QED) is 0.234. The molecule has 0 heterocycles. The van der Waals surface area contributed by atoms with Crippen molar-refractivity contribution in [2.24, 2.45) is 15.0 Å². The molecule has 0 saturated heterocycles. The summed E-state index contributed by atoms with van der Waals surface area (Å²) in [5.41, 5.74) is 0. The van der Waals surface area contributed by atoms with Crippen LogP contribution in [-0.2, 0) is 0 Å². The van der Waals surface area contributed by atoms with Crippen LogP contribution in [0.25, 0.3) is 16.0 Å². The molecule has 0 aliphatic heterocycles. The van der Waals surface area contributed by atoms with E-state index in [2.05, 4.69) is 30.9 Å². The summed E-state index contributed by atoms with van der Waals surface area (Å²) in [6.45, 7) is 24.4. The molecule has 0 atom stereocenters. The van der Waals surface area contributed by atoms with Gasteiger partial charge in [0.1, 0.15) is 0 Å². The standard InChI is InChI=1S/3C7H15N2.Gd/c3*1-6(2)8-5-9-7(3)4;/h3*5-7H,1-4H3;/q3*-1;+3. The summed E-state index contributed by atoms with van der Waals surface area (Å²) in [7, 11) is 0. The normalized spacial score (nSPS) is 11.4. The largest absolute Gasteiger partial charge is 3.00 e. The predicted molar refractivity (Wildman–Crippen MR) is 126 cm³/mol. The third kappa shape index (κ3) is 50.1. The van der Waals surface area contributed by atoms with E-state index in [0.29, 0.717) is 36.3 Å². The molecule has 0 unspecified atom stereocenters. The molecule has 167 valence electrons. The van der Waals surface area contributed by atoms with E-state index in [1.807, 2.05) is 83.1 Å². The summed E-state index contributed by atoms with van der Waals surface area (Å²) in [5, 5.41) is 12.2. The Morgan fingerprint density at radius 2 is 0.607 bits per heavy atom. The second kappa shape index (κ2) is 24.8. The van der Waals surface area contributed by atoms with Crippen molar-refractivity contribution in [3.05, 3.63) is 16.0 Å². The van der Waals surface area contributed by atoms with Crippen LogP contribution in [0.3, 0.4) is 0 Å². The Labute approximate surface area is 208 Å². The first kappa shape index (κ1) is 35.2. The van der Waals surface area contributed by atoms with Crippen molar-refractivity contribution in [1.29, 1.82) is 0 Å². The van der Waals surface area contributed by atoms with E-state index in [0.717, 1.165) is 0 Å². The van der Waals surface area contributed by atoms with E-state index >= 15 is 0 Å². The number of aliphatic imine (C=N–C) groups is 3. The minimum atomic E-state index is 0. The summed E-state index contributed by atoms with van der Waals surface area (Å²) < 4.78 is 0.